The summed E-state index contributed by atoms with van der Waals surface area (Å²) in [7, 11) is 1.67. The monoisotopic (exact) mass is 345 g/mol. The molecule has 0 spiro atoms. The van der Waals surface area contributed by atoms with Gasteiger partial charge in [-0.1, -0.05) is 12.1 Å². The highest BCUT2D eigenvalue weighted by Crippen LogP contribution is 2.26. The fourth-order valence-electron chi connectivity index (χ4n) is 3.12. The SMILES string of the molecule is CCCc1cc(C(=O)N(C)C[C@]2(O)CCN(c3cnccn3)C2)no1. The molecule has 1 aliphatic rings. The van der Waals surface area contributed by atoms with Crippen LogP contribution < -0.4 is 4.90 Å². The summed E-state index contributed by atoms with van der Waals surface area (Å²) in [6.45, 7) is 3.33. The highest BCUT2D eigenvalue weighted by atomic mass is 16.5. The van der Waals surface area contributed by atoms with Crippen LogP contribution in [0.25, 0.3) is 0 Å². The number of carbonyl (C=O) groups excluding carboxylic acids is 1. The highest BCUT2D eigenvalue weighted by molar-refractivity contribution is 5.92. The van der Waals surface area contributed by atoms with Gasteiger partial charge in [-0.25, -0.2) is 4.98 Å². The van der Waals surface area contributed by atoms with Gasteiger partial charge in [0.2, 0.25) is 0 Å². The Hall–Kier alpha value is -2.48. The van der Waals surface area contributed by atoms with E-state index in [1.807, 2.05) is 11.8 Å². The molecule has 0 radical (unpaired) electrons. The van der Waals surface area contributed by atoms with E-state index in [0.717, 1.165) is 18.7 Å². The van der Waals surface area contributed by atoms with Crippen LogP contribution in [0.15, 0.2) is 29.2 Å². The molecule has 3 rings (SSSR count). The van der Waals surface area contributed by atoms with Gasteiger partial charge in [-0.15, -0.1) is 0 Å². The number of β-amino-alcohol motifs (C(OH)–C–C–N with tert-alkyl or cyclic N) is 1. The van der Waals surface area contributed by atoms with E-state index < -0.39 is 5.60 Å². The lowest BCUT2D eigenvalue weighted by Crippen LogP contribution is -2.46. The van der Waals surface area contributed by atoms with Crippen LogP contribution in [0.1, 0.15) is 36.0 Å². The maximum Gasteiger partial charge on any atom is 0.275 e. The molecule has 8 heteroatoms. The second-order valence-corrected chi connectivity index (χ2v) is 6.55. The zero-order chi connectivity index (χ0) is 17.9. The fourth-order valence-corrected chi connectivity index (χ4v) is 3.12. The number of anilines is 1. The molecule has 8 nitrogen and oxygen atoms in total. The predicted octanol–water partition coefficient (Wildman–Crippen LogP) is 1.13. The topological polar surface area (TPSA) is 95.6 Å². The van der Waals surface area contributed by atoms with Gasteiger partial charge in [0.1, 0.15) is 17.2 Å². The Morgan fingerprint density at radius 1 is 1.48 bits per heavy atom. The van der Waals surface area contributed by atoms with Crippen LogP contribution in [0.5, 0.6) is 0 Å². The van der Waals surface area contributed by atoms with Crippen molar-refractivity contribution in [1.29, 1.82) is 0 Å². The van der Waals surface area contributed by atoms with Crippen LogP contribution in [0.3, 0.4) is 0 Å². The summed E-state index contributed by atoms with van der Waals surface area (Å²) in [5.74, 6) is 1.18. The summed E-state index contributed by atoms with van der Waals surface area (Å²) < 4.78 is 5.16. The quantitative estimate of drug-likeness (QED) is 0.838. The van der Waals surface area contributed by atoms with Crippen molar-refractivity contribution in [2.24, 2.45) is 0 Å². The Morgan fingerprint density at radius 2 is 2.32 bits per heavy atom. The minimum absolute atomic E-state index is 0.221. The molecule has 2 aromatic heterocycles. The number of hydrogen-bond donors (Lipinski definition) is 1. The lowest BCUT2D eigenvalue weighted by atomic mass is 10.0. The van der Waals surface area contributed by atoms with E-state index in [0.29, 0.717) is 25.3 Å². The lowest BCUT2D eigenvalue weighted by molar-refractivity contribution is 0.0260. The number of aromatic nitrogens is 3. The zero-order valence-electron chi connectivity index (χ0n) is 14.6. The van der Waals surface area contributed by atoms with Gasteiger partial charge < -0.3 is 19.4 Å². The molecule has 0 aromatic carbocycles. The first kappa shape index (κ1) is 17.3. The third-order valence-electron chi connectivity index (χ3n) is 4.36. The van der Waals surface area contributed by atoms with Crippen LogP contribution in [-0.2, 0) is 6.42 Å². The average molecular weight is 345 g/mol. The lowest BCUT2D eigenvalue weighted by Gasteiger charge is -2.28. The number of aliphatic hydroxyl groups is 1. The summed E-state index contributed by atoms with van der Waals surface area (Å²) in [6, 6.07) is 1.67. The summed E-state index contributed by atoms with van der Waals surface area (Å²) in [6.07, 6.45) is 7.15. The van der Waals surface area contributed by atoms with E-state index in [4.69, 9.17) is 4.52 Å². The van der Waals surface area contributed by atoms with Crippen molar-refractivity contribution in [3.05, 3.63) is 36.1 Å². The van der Waals surface area contributed by atoms with Crippen molar-refractivity contribution in [2.45, 2.75) is 31.8 Å². The molecule has 1 atom stereocenters. The standard InChI is InChI=1S/C17H23N5O3/c1-3-4-13-9-14(20-25-13)16(23)21(2)11-17(24)5-8-22(12-17)15-10-18-6-7-19-15/h6-7,9-10,24H,3-5,8,11-12H2,1-2H3/t17-/m1/s1. The Kier molecular flexibility index (Phi) is 4.98. The third kappa shape index (κ3) is 3.96. The van der Waals surface area contributed by atoms with E-state index >= 15 is 0 Å². The minimum Gasteiger partial charge on any atom is -0.386 e. The average Bonchev–Trinajstić information content (AvgIpc) is 3.22. The maximum atomic E-state index is 12.5. The van der Waals surface area contributed by atoms with E-state index in [1.54, 1.807) is 31.7 Å². The number of amides is 1. The van der Waals surface area contributed by atoms with Gasteiger partial charge in [0.25, 0.3) is 5.91 Å². The van der Waals surface area contributed by atoms with Gasteiger partial charge in [-0.3, -0.25) is 9.78 Å². The first-order valence-corrected chi connectivity index (χ1v) is 8.45. The molecule has 0 aliphatic carbocycles. The Bertz CT molecular complexity index is 720. The number of rotatable bonds is 6. The number of carbonyl (C=O) groups is 1. The van der Waals surface area contributed by atoms with Crippen molar-refractivity contribution in [2.75, 3.05) is 31.6 Å². The number of nitrogens with zero attached hydrogens (tertiary/aromatic N) is 5. The van der Waals surface area contributed by atoms with Gasteiger partial charge >= 0.3 is 0 Å². The summed E-state index contributed by atoms with van der Waals surface area (Å²) in [5.41, 5.74) is -0.712. The molecular formula is C17H23N5O3. The molecule has 2 aromatic rings. The van der Waals surface area contributed by atoms with Gasteiger partial charge in [0, 0.05) is 45.0 Å². The van der Waals surface area contributed by atoms with E-state index in [9.17, 15) is 9.90 Å². The molecule has 0 bridgehead atoms. The summed E-state index contributed by atoms with van der Waals surface area (Å²) in [4.78, 5) is 24.3. The second-order valence-electron chi connectivity index (χ2n) is 6.55. The summed E-state index contributed by atoms with van der Waals surface area (Å²) in [5, 5.41) is 14.7. The maximum absolute atomic E-state index is 12.5. The molecular weight excluding hydrogens is 322 g/mol. The van der Waals surface area contributed by atoms with Crippen LogP contribution in [-0.4, -0.2) is 63.3 Å². The van der Waals surface area contributed by atoms with E-state index in [-0.39, 0.29) is 18.1 Å². The first-order valence-electron chi connectivity index (χ1n) is 8.45. The molecule has 1 aliphatic heterocycles. The molecule has 3 heterocycles. The van der Waals surface area contributed by atoms with Crippen LogP contribution >= 0.6 is 0 Å². The van der Waals surface area contributed by atoms with Gasteiger partial charge in [0.15, 0.2) is 5.69 Å². The second kappa shape index (κ2) is 7.18. The number of hydrogen-bond acceptors (Lipinski definition) is 7. The van der Waals surface area contributed by atoms with Crippen molar-refractivity contribution < 1.29 is 14.4 Å². The first-order chi connectivity index (χ1) is 12.0. The van der Waals surface area contributed by atoms with Crippen LogP contribution in [0, 0.1) is 0 Å². The van der Waals surface area contributed by atoms with Crippen molar-refractivity contribution in [1.82, 2.24) is 20.0 Å². The normalized spacial score (nSPS) is 20.0. The minimum atomic E-state index is -0.988. The highest BCUT2D eigenvalue weighted by Gasteiger charge is 2.39. The van der Waals surface area contributed by atoms with Gasteiger partial charge in [0.05, 0.1) is 12.7 Å². The zero-order valence-corrected chi connectivity index (χ0v) is 14.6. The Labute approximate surface area is 146 Å². The molecule has 1 fully saturated rings. The molecule has 0 unspecified atom stereocenters. The van der Waals surface area contributed by atoms with Crippen LogP contribution in [0.4, 0.5) is 5.82 Å². The number of likely N-dealkylation sites (N-methyl/N-ethyl adjacent to an activating group) is 1. The molecule has 25 heavy (non-hydrogen) atoms. The third-order valence-corrected chi connectivity index (χ3v) is 4.36. The molecule has 1 N–H and O–H groups in total. The van der Waals surface area contributed by atoms with Crippen molar-refractivity contribution >= 4 is 11.7 Å². The fraction of sp³-hybridized carbons (Fsp3) is 0.529. The molecule has 1 saturated heterocycles. The van der Waals surface area contributed by atoms with Gasteiger partial charge in [-0.2, -0.15) is 0 Å². The Morgan fingerprint density at radius 3 is 3.04 bits per heavy atom. The van der Waals surface area contributed by atoms with E-state index in [1.165, 1.54) is 4.90 Å². The Balaban J connectivity index is 1.61. The van der Waals surface area contributed by atoms with Crippen molar-refractivity contribution in [3.63, 3.8) is 0 Å². The van der Waals surface area contributed by atoms with E-state index in [2.05, 4.69) is 15.1 Å². The molecule has 1 amide bonds. The van der Waals surface area contributed by atoms with Gasteiger partial charge in [-0.05, 0) is 12.8 Å². The molecule has 134 valence electrons. The smallest absolute Gasteiger partial charge is 0.275 e. The molecule has 0 saturated carbocycles. The largest absolute Gasteiger partial charge is 0.386 e. The summed E-state index contributed by atoms with van der Waals surface area (Å²) >= 11 is 0. The predicted molar refractivity (Wildman–Crippen MR) is 91.3 cm³/mol. The number of aryl methyl sites for hydroxylation is 1. The van der Waals surface area contributed by atoms with Crippen molar-refractivity contribution in [3.8, 4) is 0 Å². The van der Waals surface area contributed by atoms with Crippen LogP contribution in [0.2, 0.25) is 0 Å².